The van der Waals surface area contributed by atoms with Crippen LogP contribution in [0.5, 0.6) is 0 Å². The van der Waals surface area contributed by atoms with Crippen LogP contribution in [0.2, 0.25) is 10.0 Å². The molecule has 0 aliphatic rings. The number of hydrogen-bond donors (Lipinski definition) is 0. The fourth-order valence-electron chi connectivity index (χ4n) is 2.53. The van der Waals surface area contributed by atoms with Gasteiger partial charge in [0.1, 0.15) is 0 Å². The van der Waals surface area contributed by atoms with E-state index in [4.69, 9.17) is 23.2 Å². The number of amides is 1. The largest absolute Gasteiger partial charge is 0.308 e. The molecule has 0 saturated carbocycles. The molecule has 0 aliphatic carbocycles. The van der Waals surface area contributed by atoms with Gasteiger partial charge in [0.15, 0.2) is 5.13 Å². The van der Waals surface area contributed by atoms with Crippen molar-refractivity contribution in [1.82, 2.24) is 9.88 Å². The first-order valence-corrected chi connectivity index (χ1v) is 9.71. The fourth-order valence-corrected chi connectivity index (χ4v) is 4.10. The van der Waals surface area contributed by atoms with Crippen molar-refractivity contribution in [2.45, 2.75) is 6.92 Å². The second-order valence-corrected chi connectivity index (χ2v) is 8.20. The number of rotatable bonds is 5. The Bertz CT molecular complexity index is 959. The summed E-state index contributed by atoms with van der Waals surface area (Å²) in [7, 11) is 3.94. The third-order valence-corrected chi connectivity index (χ3v) is 5.53. The number of hydrogen-bond acceptors (Lipinski definition) is 4. The molecule has 1 amide bonds. The van der Waals surface area contributed by atoms with Crippen LogP contribution < -0.4 is 4.90 Å². The minimum atomic E-state index is -0.177. The lowest BCUT2D eigenvalue weighted by molar-refractivity contribution is 0.0985. The Balaban J connectivity index is 0.00000261. The maximum absolute atomic E-state index is 13.2. The summed E-state index contributed by atoms with van der Waals surface area (Å²) in [5.74, 6) is -0.177. The normalized spacial score (nSPS) is 10.9. The number of carbonyl (C=O) groups is 1. The Hall–Kier alpha value is -1.37. The Labute approximate surface area is 179 Å². The highest BCUT2D eigenvalue weighted by molar-refractivity contribution is 7.22. The van der Waals surface area contributed by atoms with Crippen LogP contribution in [0.15, 0.2) is 36.4 Å². The Kier molecular flexibility index (Phi) is 7.48. The molecule has 0 N–H and O–H groups in total. The molecule has 0 bridgehead atoms. The van der Waals surface area contributed by atoms with E-state index < -0.39 is 0 Å². The quantitative estimate of drug-likeness (QED) is 0.518. The van der Waals surface area contributed by atoms with Gasteiger partial charge in [-0.2, -0.15) is 0 Å². The molecule has 0 spiro atoms. The first kappa shape index (κ1) is 21.9. The Morgan fingerprint density at radius 3 is 2.52 bits per heavy atom. The summed E-state index contributed by atoms with van der Waals surface area (Å²) in [6.45, 7) is 3.27. The summed E-state index contributed by atoms with van der Waals surface area (Å²) in [6.07, 6.45) is 0. The van der Waals surface area contributed by atoms with Gasteiger partial charge in [-0.3, -0.25) is 9.69 Å². The van der Waals surface area contributed by atoms with Crippen molar-refractivity contribution in [2.24, 2.45) is 0 Å². The highest BCUT2D eigenvalue weighted by Gasteiger charge is 2.23. The Morgan fingerprint density at radius 1 is 1.11 bits per heavy atom. The summed E-state index contributed by atoms with van der Waals surface area (Å²) >= 11 is 13.7. The maximum Gasteiger partial charge on any atom is 0.261 e. The van der Waals surface area contributed by atoms with Gasteiger partial charge in [-0.15, -0.1) is 12.4 Å². The molecule has 0 atom stereocenters. The third-order valence-electron chi connectivity index (χ3n) is 3.94. The number of carbonyl (C=O) groups excluding carboxylic acids is 1. The average molecular weight is 445 g/mol. The van der Waals surface area contributed by atoms with Gasteiger partial charge in [0, 0.05) is 18.1 Å². The molecule has 27 heavy (non-hydrogen) atoms. The standard InChI is InChI=1S/C19H19Cl2N3OS.ClH/c1-12-4-7-16-17(10-12)26-19(22-16)24(9-8-23(2)3)18(25)14-6-5-13(20)11-15(14)21;/h4-7,10-11H,8-9H2,1-3H3;1H. The summed E-state index contributed by atoms with van der Waals surface area (Å²) in [6, 6.07) is 11.0. The van der Waals surface area contributed by atoms with E-state index in [1.54, 1.807) is 23.1 Å². The van der Waals surface area contributed by atoms with Crippen molar-refractivity contribution in [3.63, 3.8) is 0 Å². The van der Waals surface area contributed by atoms with E-state index in [2.05, 4.69) is 11.1 Å². The van der Waals surface area contributed by atoms with E-state index in [1.807, 2.05) is 38.1 Å². The van der Waals surface area contributed by atoms with Crippen molar-refractivity contribution < 1.29 is 4.79 Å². The lowest BCUT2D eigenvalue weighted by Crippen LogP contribution is -2.36. The average Bonchev–Trinajstić information content (AvgIpc) is 2.97. The van der Waals surface area contributed by atoms with E-state index in [0.29, 0.717) is 33.8 Å². The molecule has 1 aromatic heterocycles. The van der Waals surface area contributed by atoms with Crippen molar-refractivity contribution in [1.29, 1.82) is 0 Å². The number of nitrogens with zero attached hydrogens (tertiary/aromatic N) is 3. The zero-order valence-electron chi connectivity index (χ0n) is 15.2. The molecule has 4 nitrogen and oxygen atoms in total. The summed E-state index contributed by atoms with van der Waals surface area (Å²) in [5, 5.41) is 1.51. The molecule has 1 heterocycles. The SMILES string of the molecule is Cc1ccc2nc(N(CCN(C)C)C(=O)c3ccc(Cl)cc3Cl)sc2c1.Cl. The van der Waals surface area contributed by atoms with Crippen LogP contribution in [-0.4, -0.2) is 43.0 Å². The highest BCUT2D eigenvalue weighted by Crippen LogP contribution is 2.31. The van der Waals surface area contributed by atoms with Crippen LogP contribution in [0.1, 0.15) is 15.9 Å². The van der Waals surface area contributed by atoms with E-state index in [-0.39, 0.29) is 18.3 Å². The molecule has 0 fully saturated rings. The molecule has 0 unspecified atom stereocenters. The highest BCUT2D eigenvalue weighted by atomic mass is 35.5. The van der Waals surface area contributed by atoms with Crippen molar-refractivity contribution in [3.05, 3.63) is 57.6 Å². The van der Waals surface area contributed by atoms with Crippen LogP contribution >= 0.6 is 46.9 Å². The van der Waals surface area contributed by atoms with E-state index >= 15 is 0 Å². The number of anilines is 1. The maximum atomic E-state index is 13.2. The first-order chi connectivity index (χ1) is 12.3. The summed E-state index contributed by atoms with van der Waals surface area (Å²) < 4.78 is 1.06. The molecule has 3 aromatic rings. The van der Waals surface area contributed by atoms with Gasteiger partial charge in [0.25, 0.3) is 5.91 Å². The fraction of sp³-hybridized carbons (Fsp3) is 0.263. The molecule has 8 heteroatoms. The second kappa shape index (κ2) is 9.22. The van der Waals surface area contributed by atoms with E-state index in [9.17, 15) is 4.79 Å². The van der Waals surface area contributed by atoms with Crippen LogP contribution in [0.3, 0.4) is 0 Å². The smallest absolute Gasteiger partial charge is 0.261 e. The predicted octanol–water partition coefficient (Wildman–Crippen LogP) is 5.54. The topological polar surface area (TPSA) is 36.4 Å². The van der Waals surface area contributed by atoms with Gasteiger partial charge < -0.3 is 4.90 Å². The minimum Gasteiger partial charge on any atom is -0.308 e. The number of benzene rings is 2. The van der Waals surface area contributed by atoms with Crippen molar-refractivity contribution in [2.75, 3.05) is 32.1 Å². The lowest BCUT2D eigenvalue weighted by Gasteiger charge is -2.22. The molecule has 2 aromatic carbocycles. The molecule has 3 rings (SSSR count). The molecule has 144 valence electrons. The minimum absolute atomic E-state index is 0. The van der Waals surface area contributed by atoms with Gasteiger partial charge in [-0.05, 0) is 56.9 Å². The van der Waals surface area contributed by atoms with Crippen LogP contribution in [0, 0.1) is 6.92 Å². The molecule has 0 saturated heterocycles. The first-order valence-electron chi connectivity index (χ1n) is 8.14. The number of likely N-dealkylation sites (N-methyl/N-ethyl adjacent to an activating group) is 1. The molecular weight excluding hydrogens is 425 g/mol. The van der Waals surface area contributed by atoms with Gasteiger partial charge in [0.05, 0.1) is 20.8 Å². The molecular formula is C19H20Cl3N3OS. The zero-order valence-corrected chi connectivity index (χ0v) is 18.3. The number of thiazole rings is 1. The summed E-state index contributed by atoms with van der Waals surface area (Å²) in [5.41, 5.74) is 2.48. The zero-order chi connectivity index (χ0) is 18.8. The van der Waals surface area contributed by atoms with Crippen molar-refractivity contribution >= 4 is 68.2 Å². The van der Waals surface area contributed by atoms with E-state index in [0.717, 1.165) is 10.2 Å². The van der Waals surface area contributed by atoms with Crippen molar-refractivity contribution in [3.8, 4) is 0 Å². The van der Waals surface area contributed by atoms with Gasteiger partial charge >= 0.3 is 0 Å². The van der Waals surface area contributed by atoms with Crippen LogP contribution in [0.25, 0.3) is 10.2 Å². The van der Waals surface area contributed by atoms with Gasteiger partial charge in [-0.1, -0.05) is 40.6 Å². The van der Waals surface area contributed by atoms with Crippen LogP contribution in [-0.2, 0) is 0 Å². The van der Waals surface area contributed by atoms with E-state index in [1.165, 1.54) is 16.9 Å². The Morgan fingerprint density at radius 2 is 1.85 bits per heavy atom. The molecule has 0 aliphatic heterocycles. The van der Waals surface area contributed by atoms with Gasteiger partial charge in [-0.25, -0.2) is 4.98 Å². The second-order valence-electron chi connectivity index (χ2n) is 6.35. The number of aromatic nitrogens is 1. The lowest BCUT2D eigenvalue weighted by atomic mass is 10.2. The third kappa shape index (κ3) is 5.12. The monoisotopic (exact) mass is 443 g/mol. The summed E-state index contributed by atoms with van der Waals surface area (Å²) in [4.78, 5) is 21.6. The predicted molar refractivity (Wildman–Crippen MR) is 118 cm³/mol. The van der Waals surface area contributed by atoms with Gasteiger partial charge in [0.2, 0.25) is 0 Å². The number of aryl methyl sites for hydroxylation is 1. The number of fused-ring (bicyclic) bond motifs is 1. The van der Waals surface area contributed by atoms with Crippen LogP contribution in [0.4, 0.5) is 5.13 Å². The molecule has 0 radical (unpaired) electrons. The number of halogens is 3.